The molecular formula is C11H17N3O2. The second-order valence-electron chi connectivity index (χ2n) is 2.92. The van der Waals surface area contributed by atoms with Crippen molar-refractivity contribution in [2.75, 3.05) is 17.7 Å². The molecule has 0 radical (unpaired) electrons. The third-order valence-electron chi connectivity index (χ3n) is 1.86. The number of anilines is 2. The third kappa shape index (κ3) is 4.10. The van der Waals surface area contributed by atoms with Crippen molar-refractivity contribution in [1.29, 1.82) is 0 Å². The van der Waals surface area contributed by atoms with E-state index in [1.54, 1.807) is 18.2 Å². The van der Waals surface area contributed by atoms with Crippen LogP contribution in [0.1, 0.15) is 12.5 Å². The first-order valence-corrected chi connectivity index (χ1v) is 4.80. The fraction of sp³-hybridized carbons (Fsp3) is 0.273. The van der Waals surface area contributed by atoms with E-state index in [2.05, 4.69) is 16.4 Å². The molecule has 0 atom stereocenters. The Bertz CT molecular complexity index is 364. The molecule has 16 heavy (non-hydrogen) atoms. The number of carbonyl (C=O) groups excluding carboxylic acids is 2. The van der Waals surface area contributed by atoms with Crippen LogP contribution >= 0.6 is 0 Å². The lowest BCUT2D eigenvalue weighted by atomic mass is 10.1. The standard InChI is InChI=1S/C10H12N2O2.CH5N/c1-7-9(11-6-13)4-3-5-10(7)12-8(2)14;1-2/h3-6H,1-2H3,(H,11,13)(H,12,14);2H2,1H3. The zero-order chi connectivity index (χ0) is 12.6. The molecule has 0 aromatic heterocycles. The van der Waals surface area contributed by atoms with Gasteiger partial charge in [0.15, 0.2) is 0 Å². The van der Waals surface area contributed by atoms with Crippen LogP contribution in [0.5, 0.6) is 0 Å². The van der Waals surface area contributed by atoms with Crippen LogP contribution in [0, 0.1) is 6.92 Å². The highest BCUT2D eigenvalue weighted by Gasteiger charge is 2.03. The maximum Gasteiger partial charge on any atom is 0.221 e. The summed E-state index contributed by atoms with van der Waals surface area (Å²) in [6.07, 6.45) is 0.611. The summed E-state index contributed by atoms with van der Waals surface area (Å²) in [7, 11) is 1.50. The SMILES string of the molecule is CC(=O)Nc1cccc(NC=O)c1C.CN. The summed E-state index contributed by atoms with van der Waals surface area (Å²) >= 11 is 0. The number of hydrogen-bond donors (Lipinski definition) is 3. The van der Waals surface area contributed by atoms with Crippen LogP contribution < -0.4 is 16.4 Å². The summed E-state index contributed by atoms with van der Waals surface area (Å²) in [4.78, 5) is 21.1. The molecule has 1 aromatic rings. The first-order chi connectivity index (χ1) is 7.65. The van der Waals surface area contributed by atoms with Gasteiger partial charge in [-0.15, -0.1) is 0 Å². The minimum absolute atomic E-state index is 0.128. The zero-order valence-corrected chi connectivity index (χ0v) is 9.70. The average Bonchev–Trinajstić information content (AvgIpc) is 2.26. The van der Waals surface area contributed by atoms with E-state index < -0.39 is 0 Å². The van der Waals surface area contributed by atoms with E-state index in [0.29, 0.717) is 17.8 Å². The fourth-order valence-corrected chi connectivity index (χ4v) is 1.18. The van der Waals surface area contributed by atoms with E-state index in [4.69, 9.17) is 0 Å². The van der Waals surface area contributed by atoms with Gasteiger partial charge in [0.2, 0.25) is 12.3 Å². The summed E-state index contributed by atoms with van der Waals surface area (Å²) in [5, 5.41) is 5.23. The lowest BCUT2D eigenvalue weighted by molar-refractivity contribution is -0.114. The second-order valence-corrected chi connectivity index (χ2v) is 2.92. The fourth-order valence-electron chi connectivity index (χ4n) is 1.18. The molecule has 0 saturated carbocycles. The molecule has 5 heteroatoms. The van der Waals surface area contributed by atoms with Gasteiger partial charge in [-0.2, -0.15) is 0 Å². The van der Waals surface area contributed by atoms with Crippen molar-refractivity contribution in [3.63, 3.8) is 0 Å². The van der Waals surface area contributed by atoms with Gasteiger partial charge in [0.1, 0.15) is 0 Å². The van der Waals surface area contributed by atoms with Gasteiger partial charge in [-0.1, -0.05) is 6.07 Å². The van der Waals surface area contributed by atoms with Crippen molar-refractivity contribution in [2.45, 2.75) is 13.8 Å². The molecule has 0 heterocycles. The highest BCUT2D eigenvalue weighted by Crippen LogP contribution is 2.22. The Morgan fingerprint density at radius 1 is 1.31 bits per heavy atom. The molecule has 4 N–H and O–H groups in total. The van der Waals surface area contributed by atoms with Gasteiger partial charge in [-0.05, 0) is 31.7 Å². The molecule has 5 nitrogen and oxygen atoms in total. The maximum atomic E-state index is 10.8. The van der Waals surface area contributed by atoms with Crippen molar-refractivity contribution in [2.24, 2.45) is 5.73 Å². The van der Waals surface area contributed by atoms with Crippen LogP contribution in [-0.2, 0) is 9.59 Å². The van der Waals surface area contributed by atoms with E-state index in [9.17, 15) is 9.59 Å². The van der Waals surface area contributed by atoms with Gasteiger partial charge < -0.3 is 16.4 Å². The number of benzene rings is 1. The number of nitrogens with one attached hydrogen (secondary N) is 2. The molecule has 0 saturated heterocycles. The topological polar surface area (TPSA) is 84.2 Å². The Labute approximate surface area is 95.0 Å². The monoisotopic (exact) mass is 223 g/mol. The maximum absolute atomic E-state index is 10.8. The highest BCUT2D eigenvalue weighted by molar-refractivity contribution is 5.91. The van der Waals surface area contributed by atoms with Gasteiger partial charge >= 0.3 is 0 Å². The Morgan fingerprint density at radius 3 is 2.38 bits per heavy atom. The number of nitrogens with two attached hydrogens (primary N) is 1. The Hall–Kier alpha value is -1.88. The zero-order valence-electron chi connectivity index (χ0n) is 9.70. The summed E-state index contributed by atoms with van der Waals surface area (Å²) < 4.78 is 0. The number of amides is 2. The van der Waals surface area contributed by atoms with Crippen molar-refractivity contribution in [1.82, 2.24) is 0 Å². The van der Waals surface area contributed by atoms with Gasteiger partial charge in [-0.3, -0.25) is 9.59 Å². The van der Waals surface area contributed by atoms with Crippen LogP contribution in [0.25, 0.3) is 0 Å². The van der Waals surface area contributed by atoms with Crippen molar-refractivity contribution >= 4 is 23.7 Å². The summed E-state index contributed by atoms with van der Waals surface area (Å²) in [6.45, 7) is 3.27. The number of hydrogen-bond acceptors (Lipinski definition) is 3. The molecule has 0 aliphatic carbocycles. The summed E-state index contributed by atoms with van der Waals surface area (Å²) in [5.41, 5.74) is 6.76. The van der Waals surface area contributed by atoms with E-state index in [1.807, 2.05) is 6.92 Å². The molecule has 88 valence electrons. The molecular weight excluding hydrogens is 206 g/mol. The molecule has 0 aliphatic rings. The lowest BCUT2D eigenvalue weighted by Gasteiger charge is -2.09. The first-order valence-electron chi connectivity index (χ1n) is 4.80. The Morgan fingerprint density at radius 2 is 1.88 bits per heavy atom. The van der Waals surface area contributed by atoms with Crippen LogP contribution in [0.15, 0.2) is 18.2 Å². The van der Waals surface area contributed by atoms with E-state index in [1.165, 1.54) is 14.0 Å². The minimum Gasteiger partial charge on any atom is -0.333 e. The predicted octanol–water partition coefficient (Wildman–Crippen LogP) is 1.10. The minimum atomic E-state index is -0.128. The molecule has 1 rings (SSSR count). The molecule has 0 aliphatic heterocycles. The normalized spacial score (nSPS) is 8.50. The second kappa shape index (κ2) is 7.42. The highest BCUT2D eigenvalue weighted by atomic mass is 16.1. The molecule has 0 fully saturated rings. The van der Waals surface area contributed by atoms with Gasteiger partial charge in [-0.25, -0.2) is 0 Å². The number of carbonyl (C=O) groups is 2. The Kier molecular flexibility index (Phi) is 6.55. The molecule has 0 unspecified atom stereocenters. The molecule has 2 amide bonds. The van der Waals surface area contributed by atoms with Crippen LogP contribution in [-0.4, -0.2) is 19.4 Å². The molecule has 1 aromatic carbocycles. The van der Waals surface area contributed by atoms with Crippen molar-refractivity contribution in [3.8, 4) is 0 Å². The van der Waals surface area contributed by atoms with Gasteiger partial charge in [0.25, 0.3) is 0 Å². The molecule has 0 bridgehead atoms. The van der Waals surface area contributed by atoms with Crippen LogP contribution in [0.4, 0.5) is 11.4 Å². The van der Waals surface area contributed by atoms with Crippen LogP contribution in [0.2, 0.25) is 0 Å². The van der Waals surface area contributed by atoms with E-state index in [0.717, 1.165) is 5.56 Å². The van der Waals surface area contributed by atoms with E-state index >= 15 is 0 Å². The first kappa shape index (κ1) is 14.1. The third-order valence-corrected chi connectivity index (χ3v) is 1.86. The van der Waals surface area contributed by atoms with Crippen LogP contribution in [0.3, 0.4) is 0 Å². The van der Waals surface area contributed by atoms with Gasteiger partial charge in [0.05, 0.1) is 0 Å². The van der Waals surface area contributed by atoms with Gasteiger partial charge in [0, 0.05) is 18.3 Å². The summed E-state index contributed by atoms with van der Waals surface area (Å²) in [6, 6.07) is 5.33. The van der Waals surface area contributed by atoms with Crippen molar-refractivity contribution < 1.29 is 9.59 Å². The summed E-state index contributed by atoms with van der Waals surface area (Å²) in [5.74, 6) is -0.128. The predicted molar refractivity (Wildman–Crippen MR) is 65.3 cm³/mol. The smallest absolute Gasteiger partial charge is 0.221 e. The average molecular weight is 223 g/mol. The molecule has 0 spiro atoms. The quantitative estimate of drug-likeness (QED) is 0.671. The Balaban J connectivity index is 0.00000106. The van der Waals surface area contributed by atoms with Crippen molar-refractivity contribution in [3.05, 3.63) is 23.8 Å². The lowest BCUT2D eigenvalue weighted by Crippen LogP contribution is -2.08. The van der Waals surface area contributed by atoms with E-state index in [-0.39, 0.29) is 5.91 Å². The largest absolute Gasteiger partial charge is 0.333 e. The number of rotatable bonds is 3.